The maximum atomic E-state index is 4.33. The van der Waals surface area contributed by atoms with Gasteiger partial charge < -0.3 is 10.6 Å². The molecule has 15 heavy (non-hydrogen) atoms. The first-order valence-electron chi connectivity index (χ1n) is 5.26. The second kappa shape index (κ2) is 4.81. The van der Waals surface area contributed by atoms with Gasteiger partial charge in [0.1, 0.15) is 5.82 Å². The number of hydrogen-bond donors (Lipinski definition) is 2. The van der Waals surface area contributed by atoms with Crippen molar-refractivity contribution >= 4 is 5.82 Å². The van der Waals surface area contributed by atoms with Crippen LogP contribution in [0.15, 0.2) is 12.3 Å². The summed E-state index contributed by atoms with van der Waals surface area (Å²) in [5.41, 5.74) is 2.31. The Labute approximate surface area is 90.3 Å². The van der Waals surface area contributed by atoms with E-state index < -0.39 is 0 Å². The molecule has 0 aliphatic carbocycles. The van der Waals surface area contributed by atoms with Gasteiger partial charge in [-0.1, -0.05) is 11.8 Å². The van der Waals surface area contributed by atoms with Gasteiger partial charge in [0.25, 0.3) is 0 Å². The molecule has 0 bridgehead atoms. The first kappa shape index (κ1) is 10.0. The summed E-state index contributed by atoms with van der Waals surface area (Å²) in [5.74, 6) is 7.27. The van der Waals surface area contributed by atoms with Gasteiger partial charge in [-0.3, -0.25) is 0 Å². The Hall–Kier alpha value is -1.53. The molecule has 0 saturated carbocycles. The predicted molar refractivity (Wildman–Crippen MR) is 61.9 cm³/mol. The van der Waals surface area contributed by atoms with Crippen molar-refractivity contribution < 1.29 is 0 Å². The molecule has 0 atom stereocenters. The average molecular weight is 201 g/mol. The van der Waals surface area contributed by atoms with E-state index in [1.54, 1.807) is 0 Å². The van der Waals surface area contributed by atoms with Gasteiger partial charge in [0, 0.05) is 31.3 Å². The summed E-state index contributed by atoms with van der Waals surface area (Å²) in [6.45, 7) is 1.94. The van der Waals surface area contributed by atoms with E-state index in [1.165, 1.54) is 5.56 Å². The Morgan fingerprint density at radius 3 is 3.40 bits per heavy atom. The molecule has 1 aliphatic heterocycles. The molecule has 0 saturated heterocycles. The molecular weight excluding hydrogens is 186 g/mol. The summed E-state index contributed by atoms with van der Waals surface area (Å²) >= 11 is 0. The molecule has 0 unspecified atom stereocenters. The highest BCUT2D eigenvalue weighted by molar-refractivity contribution is 5.52. The van der Waals surface area contributed by atoms with Gasteiger partial charge in [-0.15, -0.1) is 0 Å². The number of nitrogens with zero attached hydrogens (tertiary/aromatic N) is 1. The zero-order chi connectivity index (χ0) is 10.5. The fourth-order valence-corrected chi connectivity index (χ4v) is 1.60. The van der Waals surface area contributed by atoms with Gasteiger partial charge in [-0.25, -0.2) is 4.98 Å². The van der Waals surface area contributed by atoms with Crippen molar-refractivity contribution in [3.8, 4) is 11.8 Å². The van der Waals surface area contributed by atoms with Crippen molar-refractivity contribution in [2.24, 2.45) is 0 Å². The summed E-state index contributed by atoms with van der Waals surface area (Å²) in [7, 11) is 1.93. The number of fused-ring (bicyclic) bond motifs is 1. The first-order valence-corrected chi connectivity index (χ1v) is 5.26. The van der Waals surface area contributed by atoms with Crippen molar-refractivity contribution in [3.05, 3.63) is 23.4 Å². The van der Waals surface area contributed by atoms with E-state index in [-0.39, 0.29) is 0 Å². The van der Waals surface area contributed by atoms with E-state index in [4.69, 9.17) is 0 Å². The van der Waals surface area contributed by atoms with Gasteiger partial charge in [0.05, 0.1) is 0 Å². The molecule has 3 nitrogen and oxygen atoms in total. The Morgan fingerprint density at radius 1 is 1.60 bits per heavy atom. The molecule has 78 valence electrons. The van der Waals surface area contributed by atoms with Crippen LogP contribution in [0.4, 0.5) is 5.82 Å². The number of hydrogen-bond acceptors (Lipinski definition) is 3. The molecule has 0 amide bonds. The minimum atomic E-state index is 0.881. The lowest BCUT2D eigenvalue weighted by Crippen LogP contribution is -2.05. The standard InChI is InChI=1S/C12H15N3/c1-13-6-3-2-4-10-8-11-5-7-14-12(11)15-9-10/h8-9,13H,3,5-7H2,1H3,(H,14,15). The topological polar surface area (TPSA) is 37.0 Å². The zero-order valence-corrected chi connectivity index (χ0v) is 8.93. The van der Waals surface area contributed by atoms with Gasteiger partial charge >= 0.3 is 0 Å². The average Bonchev–Trinajstić information content (AvgIpc) is 2.71. The fraction of sp³-hybridized carbons (Fsp3) is 0.417. The lowest BCUT2D eigenvalue weighted by molar-refractivity contribution is 0.818. The molecule has 0 spiro atoms. The first-order chi connectivity index (χ1) is 7.40. The minimum Gasteiger partial charge on any atom is -0.370 e. The largest absolute Gasteiger partial charge is 0.370 e. The summed E-state index contributed by atoms with van der Waals surface area (Å²) in [4.78, 5) is 4.33. The second-order valence-electron chi connectivity index (χ2n) is 3.56. The highest BCUT2D eigenvalue weighted by Gasteiger charge is 2.10. The van der Waals surface area contributed by atoms with Gasteiger partial charge in [-0.2, -0.15) is 0 Å². The van der Waals surface area contributed by atoms with E-state index in [2.05, 4.69) is 33.5 Å². The van der Waals surface area contributed by atoms with Crippen LogP contribution in [0.1, 0.15) is 17.5 Å². The molecule has 1 aromatic heterocycles. The van der Waals surface area contributed by atoms with Gasteiger partial charge in [-0.05, 0) is 25.1 Å². The molecule has 2 heterocycles. The molecule has 0 aromatic carbocycles. The van der Waals surface area contributed by atoms with E-state index in [0.29, 0.717) is 0 Å². The number of aromatic nitrogens is 1. The molecule has 2 rings (SSSR count). The zero-order valence-electron chi connectivity index (χ0n) is 8.93. The molecule has 0 radical (unpaired) electrons. The van der Waals surface area contributed by atoms with Crippen LogP contribution >= 0.6 is 0 Å². The van der Waals surface area contributed by atoms with E-state index in [0.717, 1.165) is 37.3 Å². The van der Waals surface area contributed by atoms with Gasteiger partial charge in [0.2, 0.25) is 0 Å². The van der Waals surface area contributed by atoms with Crippen LogP contribution in [-0.2, 0) is 6.42 Å². The minimum absolute atomic E-state index is 0.881. The van der Waals surface area contributed by atoms with Crippen LogP contribution in [-0.4, -0.2) is 25.1 Å². The van der Waals surface area contributed by atoms with Gasteiger partial charge in [0.15, 0.2) is 0 Å². The van der Waals surface area contributed by atoms with Crippen molar-refractivity contribution in [1.82, 2.24) is 10.3 Å². The van der Waals surface area contributed by atoms with Crippen molar-refractivity contribution in [3.63, 3.8) is 0 Å². The van der Waals surface area contributed by atoms with Crippen molar-refractivity contribution in [2.75, 3.05) is 25.5 Å². The third-order valence-corrected chi connectivity index (χ3v) is 2.39. The van der Waals surface area contributed by atoms with Crippen LogP contribution in [0.3, 0.4) is 0 Å². The summed E-state index contributed by atoms with van der Waals surface area (Å²) in [6, 6.07) is 2.13. The van der Waals surface area contributed by atoms with E-state index in [1.807, 2.05) is 13.2 Å². The number of rotatable bonds is 2. The second-order valence-corrected chi connectivity index (χ2v) is 3.56. The molecule has 1 aliphatic rings. The van der Waals surface area contributed by atoms with Crippen LogP contribution in [0, 0.1) is 11.8 Å². The molecule has 1 aromatic rings. The molecule has 2 N–H and O–H groups in total. The monoisotopic (exact) mass is 201 g/mol. The Bertz CT molecular complexity index is 401. The van der Waals surface area contributed by atoms with Crippen LogP contribution in [0.25, 0.3) is 0 Å². The number of nitrogens with one attached hydrogen (secondary N) is 2. The van der Waals surface area contributed by atoms with Crippen LogP contribution < -0.4 is 10.6 Å². The Balaban J connectivity index is 2.05. The lowest BCUT2D eigenvalue weighted by atomic mass is 10.1. The maximum absolute atomic E-state index is 4.33. The maximum Gasteiger partial charge on any atom is 0.129 e. The SMILES string of the molecule is CNCCC#Cc1cnc2c(c1)CCN2. The third kappa shape index (κ3) is 2.48. The van der Waals surface area contributed by atoms with Crippen molar-refractivity contribution in [2.45, 2.75) is 12.8 Å². The quantitative estimate of drug-likeness (QED) is 0.554. The van der Waals surface area contributed by atoms with Crippen LogP contribution in [0.5, 0.6) is 0 Å². The Kier molecular flexibility index (Phi) is 3.21. The molecule has 3 heteroatoms. The Morgan fingerprint density at radius 2 is 2.53 bits per heavy atom. The highest BCUT2D eigenvalue weighted by atomic mass is 15.0. The highest BCUT2D eigenvalue weighted by Crippen LogP contribution is 2.19. The van der Waals surface area contributed by atoms with E-state index in [9.17, 15) is 0 Å². The lowest BCUT2D eigenvalue weighted by Gasteiger charge is -1.97. The summed E-state index contributed by atoms with van der Waals surface area (Å²) < 4.78 is 0. The molecule has 0 fully saturated rings. The molecular formula is C12H15N3. The smallest absolute Gasteiger partial charge is 0.129 e. The number of pyridine rings is 1. The van der Waals surface area contributed by atoms with Crippen molar-refractivity contribution in [1.29, 1.82) is 0 Å². The van der Waals surface area contributed by atoms with E-state index >= 15 is 0 Å². The normalized spacial score (nSPS) is 12.6. The fourth-order valence-electron chi connectivity index (χ4n) is 1.60. The predicted octanol–water partition coefficient (Wildman–Crippen LogP) is 1.01. The third-order valence-electron chi connectivity index (χ3n) is 2.39. The summed E-state index contributed by atoms with van der Waals surface area (Å²) in [6.07, 6.45) is 3.78. The number of anilines is 1. The summed E-state index contributed by atoms with van der Waals surface area (Å²) in [5, 5.41) is 6.30. The van der Waals surface area contributed by atoms with Crippen LogP contribution in [0.2, 0.25) is 0 Å².